The van der Waals surface area contributed by atoms with Crippen LogP contribution in [-0.2, 0) is 9.53 Å². The fourth-order valence-electron chi connectivity index (χ4n) is 2.35. The fraction of sp³-hybridized carbons (Fsp3) is 0.286. The Morgan fingerprint density at radius 2 is 1.84 bits per heavy atom. The Labute approximate surface area is 149 Å². The van der Waals surface area contributed by atoms with Crippen LogP contribution in [0.1, 0.15) is 25.8 Å². The zero-order chi connectivity index (χ0) is 18.1. The van der Waals surface area contributed by atoms with Gasteiger partial charge in [-0.15, -0.1) is 0 Å². The molecule has 4 nitrogen and oxygen atoms in total. The van der Waals surface area contributed by atoms with Gasteiger partial charge in [-0.05, 0) is 54.3 Å². The van der Waals surface area contributed by atoms with Gasteiger partial charge in [-0.1, -0.05) is 31.2 Å². The van der Waals surface area contributed by atoms with Crippen LogP contribution in [0.3, 0.4) is 0 Å². The van der Waals surface area contributed by atoms with Crippen molar-refractivity contribution in [3.8, 4) is 22.6 Å². The van der Waals surface area contributed by atoms with Gasteiger partial charge in [0.05, 0.1) is 20.3 Å². The van der Waals surface area contributed by atoms with Crippen molar-refractivity contribution in [2.45, 2.75) is 20.3 Å². The number of benzene rings is 2. The van der Waals surface area contributed by atoms with Gasteiger partial charge in [-0.2, -0.15) is 0 Å². The Morgan fingerprint density at radius 1 is 1.04 bits per heavy atom. The van der Waals surface area contributed by atoms with Gasteiger partial charge >= 0.3 is 5.97 Å². The van der Waals surface area contributed by atoms with Crippen LogP contribution in [0.5, 0.6) is 11.5 Å². The molecule has 0 heterocycles. The summed E-state index contributed by atoms with van der Waals surface area (Å²) in [7, 11) is 1.64. The van der Waals surface area contributed by atoms with Crippen molar-refractivity contribution in [1.82, 2.24) is 0 Å². The standard InChI is InChI=1S/C21H24O4/c1-4-13-25-19-11-10-18(15-20(19)23-3)17-8-6-7-16(14-17)9-12-21(22)24-5-2/h6-12,14-15H,4-5,13H2,1-3H3. The summed E-state index contributed by atoms with van der Waals surface area (Å²) in [6.45, 7) is 4.88. The Kier molecular flexibility index (Phi) is 7.08. The lowest BCUT2D eigenvalue weighted by Gasteiger charge is -2.12. The lowest BCUT2D eigenvalue weighted by molar-refractivity contribution is -0.137. The number of carbonyl (C=O) groups excluding carboxylic acids is 1. The molecule has 0 aliphatic carbocycles. The minimum Gasteiger partial charge on any atom is -0.493 e. The molecule has 0 aliphatic heterocycles. The third-order valence-electron chi connectivity index (χ3n) is 3.54. The number of hydrogen-bond donors (Lipinski definition) is 0. The molecule has 0 saturated carbocycles. The first-order chi connectivity index (χ1) is 12.2. The quantitative estimate of drug-likeness (QED) is 0.515. The molecule has 0 aromatic heterocycles. The van der Waals surface area contributed by atoms with Crippen LogP contribution in [0.15, 0.2) is 48.5 Å². The normalized spacial score (nSPS) is 10.7. The van der Waals surface area contributed by atoms with Gasteiger partial charge in [0, 0.05) is 6.08 Å². The summed E-state index contributed by atoms with van der Waals surface area (Å²) in [5.74, 6) is 1.11. The molecular formula is C21H24O4. The molecule has 132 valence electrons. The topological polar surface area (TPSA) is 44.8 Å². The maximum Gasteiger partial charge on any atom is 0.330 e. The van der Waals surface area contributed by atoms with E-state index in [4.69, 9.17) is 14.2 Å². The lowest BCUT2D eigenvalue weighted by atomic mass is 10.0. The molecule has 0 spiro atoms. The van der Waals surface area contributed by atoms with Crippen LogP contribution in [0.25, 0.3) is 17.2 Å². The van der Waals surface area contributed by atoms with Crippen LogP contribution < -0.4 is 9.47 Å². The highest BCUT2D eigenvalue weighted by Gasteiger charge is 2.07. The average molecular weight is 340 g/mol. The largest absolute Gasteiger partial charge is 0.493 e. The van der Waals surface area contributed by atoms with Crippen LogP contribution in [-0.4, -0.2) is 26.3 Å². The number of methoxy groups -OCH3 is 1. The second-order valence-corrected chi connectivity index (χ2v) is 5.42. The summed E-state index contributed by atoms with van der Waals surface area (Å²) in [5.41, 5.74) is 2.98. The van der Waals surface area contributed by atoms with E-state index in [9.17, 15) is 4.79 Å². The predicted octanol–water partition coefficient (Wildman–Crippen LogP) is 4.73. The monoisotopic (exact) mass is 340 g/mol. The zero-order valence-electron chi connectivity index (χ0n) is 15.0. The summed E-state index contributed by atoms with van der Waals surface area (Å²) < 4.78 is 16.0. The smallest absolute Gasteiger partial charge is 0.330 e. The molecule has 0 N–H and O–H groups in total. The van der Waals surface area contributed by atoms with Gasteiger partial charge in [-0.3, -0.25) is 0 Å². The van der Waals surface area contributed by atoms with E-state index in [1.807, 2.05) is 42.5 Å². The maximum absolute atomic E-state index is 11.4. The fourth-order valence-corrected chi connectivity index (χ4v) is 2.35. The van der Waals surface area contributed by atoms with E-state index in [2.05, 4.69) is 6.92 Å². The van der Waals surface area contributed by atoms with Gasteiger partial charge in [0.2, 0.25) is 0 Å². The average Bonchev–Trinajstić information content (AvgIpc) is 2.65. The third kappa shape index (κ3) is 5.38. The summed E-state index contributed by atoms with van der Waals surface area (Å²) in [6.07, 6.45) is 4.13. The molecule has 0 fully saturated rings. The molecule has 0 bridgehead atoms. The summed E-state index contributed by atoms with van der Waals surface area (Å²) >= 11 is 0. The molecule has 0 atom stereocenters. The molecule has 2 aromatic carbocycles. The van der Waals surface area contributed by atoms with Crippen molar-refractivity contribution in [1.29, 1.82) is 0 Å². The predicted molar refractivity (Wildman–Crippen MR) is 99.9 cm³/mol. The van der Waals surface area contributed by atoms with Crippen LogP contribution >= 0.6 is 0 Å². The highest BCUT2D eigenvalue weighted by Crippen LogP contribution is 2.33. The molecule has 0 radical (unpaired) electrons. The SMILES string of the molecule is CCCOc1ccc(-c2cccc(C=CC(=O)OCC)c2)cc1OC. The highest BCUT2D eigenvalue weighted by atomic mass is 16.5. The Balaban J connectivity index is 2.23. The molecule has 0 unspecified atom stereocenters. The van der Waals surface area contributed by atoms with E-state index in [-0.39, 0.29) is 5.97 Å². The zero-order valence-corrected chi connectivity index (χ0v) is 15.0. The van der Waals surface area contributed by atoms with Crippen LogP contribution in [0.4, 0.5) is 0 Å². The minimum absolute atomic E-state index is 0.341. The second-order valence-electron chi connectivity index (χ2n) is 5.42. The van der Waals surface area contributed by atoms with Gasteiger partial charge in [-0.25, -0.2) is 4.79 Å². The highest BCUT2D eigenvalue weighted by molar-refractivity contribution is 5.87. The van der Waals surface area contributed by atoms with E-state index in [1.54, 1.807) is 20.1 Å². The summed E-state index contributed by atoms with van der Waals surface area (Å²) in [5, 5.41) is 0. The van der Waals surface area contributed by atoms with Gasteiger partial charge in [0.25, 0.3) is 0 Å². The maximum atomic E-state index is 11.4. The minimum atomic E-state index is -0.341. The number of esters is 1. The van der Waals surface area contributed by atoms with Crippen molar-refractivity contribution < 1.29 is 19.0 Å². The molecule has 25 heavy (non-hydrogen) atoms. The molecule has 0 aliphatic rings. The van der Waals surface area contributed by atoms with Gasteiger partial charge in [0.15, 0.2) is 11.5 Å². The molecular weight excluding hydrogens is 316 g/mol. The van der Waals surface area contributed by atoms with Crippen LogP contribution in [0, 0.1) is 0 Å². The summed E-state index contributed by atoms with van der Waals surface area (Å²) in [6, 6.07) is 13.8. The third-order valence-corrected chi connectivity index (χ3v) is 3.54. The van der Waals surface area contributed by atoms with E-state index in [0.29, 0.717) is 19.0 Å². The van der Waals surface area contributed by atoms with E-state index >= 15 is 0 Å². The van der Waals surface area contributed by atoms with E-state index in [1.165, 1.54) is 6.08 Å². The molecule has 0 amide bonds. The van der Waals surface area contributed by atoms with Crippen molar-refractivity contribution in [3.05, 3.63) is 54.1 Å². The van der Waals surface area contributed by atoms with Gasteiger partial charge < -0.3 is 14.2 Å². The Morgan fingerprint density at radius 3 is 2.56 bits per heavy atom. The number of carbonyl (C=O) groups is 1. The second kappa shape index (κ2) is 9.52. The van der Waals surface area contributed by atoms with Crippen molar-refractivity contribution in [2.24, 2.45) is 0 Å². The number of hydrogen-bond acceptors (Lipinski definition) is 4. The van der Waals surface area contributed by atoms with Crippen molar-refractivity contribution in [2.75, 3.05) is 20.3 Å². The molecule has 0 saturated heterocycles. The molecule has 2 aromatic rings. The molecule has 2 rings (SSSR count). The Bertz CT molecular complexity index is 734. The lowest BCUT2D eigenvalue weighted by Crippen LogP contribution is -1.98. The van der Waals surface area contributed by atoms with E-state index in [0.717, 1.165) is 28.9 Å². The first kappa shape index (κ1) is 18.6. The van der Waals surface area contributed by atoms with Crippen molar-refractivity contribution in [3.63, 3.8) is 0 Å². The summed E-state index contributed by atoms with van der Waals surface area (Å²) in [4.78, 5) is 11.4. The number of ether oxygens (including phenoxy) is 3. The van der Waals surface area contributed by atoms with Gasteiger partial charge in [0.1, 0.15) is 0 Å². The first-order valence-corrected chi connectivity index (χ1v) is 8.44. The Hall–Kier alpha value is -2.75. The van der Waals surface area contributed by atoms with E-state index < -0.39 is 0 Å². The van der Waals surface area contributed by atoms with Crippen LogP contribution in [0.2, 0.25) is 0 Å². The number of rotatable bonds is 8. The molecule has 4 heteroatoms. The van der Waals surface area contributed by atoms with Crippen molar-refractivity contribution >= 4 is 12.0 Å². The first-order valence-electron chi connectivity index (χ1n) is 8.44.